The first-order valence-electron chi connectivity index (χ1n) is 11.4. The topological polar surface area (TPSA) is 75.6 Å². The Morgan fingerprint density at radius 3 is 2.44 bits per heavy atom. The second-order valence-electron chi connectivity index (χ2n) is 8.87. The molecule has 1 aromatic heterocycles. The maximum Gasteiger partial charge on any atom is 0.294 e. The molecule has 3 heterocycles. The van der Waals surface area contributed by atoms with Gasteiger partial charge in [0.15, 0.2) is 0 Å². The molecule has 0 spiro atoms. The van der Waals surface area contributed by atoms with E-state index in [-0.39, 0.29) is 10.6 Å². The molecule has 0 atom stereocenters. The molecule has 2 aromatic rings. The second kappa shape index (κ2) is 8.99. The molecule has 0 amide bonds. The monoisotopic (exact) mass is 477 g/mol. The van der Waals surface area contributed by atoms with Gasteiger partial charge in [0.05, 0.1) is 11.6 Å². The van der Waals surface area contributed by atoms with E-state index in [0.29, 0.717) is 36.5 Å². The highest BCUT2D eigenvalue weighted by molar-refractivity contribution is 7.71. The Labute approximate surface area is 197 Å². The molecule has 0 N–H and O–H groups in total. The predicted octanol–water partition coefficient (Wildman–Crippen LogP) is 4.08. The summed E-state index contributed by atoms with van der Waals surface area (Å²) < 4.78 is 5.05. The molecular formula is C21H28ClN7O2S. The van der Waals surface area contributed by atoms with Crippen molar-refractivity contribution in [1.82, 2.24) is 19.2 Å². The van der Waals surface area contributed by atoms with Crippen LogP contribution in [0.2, 0.25) is 5.02 Å². The van der Waals surface area contributed by atoms with Crippen molar-refractivity contribution in [3.8, 4) is 0 Å². The Balaban J connectivity index is 1.29. The number of piperazine rings is 1. The van der Waals surface area contributed by atoms with Crippen LogP contribution in [0.4, 0.5) is 17.3 Å². The van der Waals surface area contributed by atoms with E-state index in [4.69, 9.17) is 28.9 Å². The average Bonchev–Trinajstić information content (AvgIpc) is 3.59. The molecule has 1 saturated carbocycles. The van der Waals surface area contributed by atoms with E-state index in [0.717, 1.165) is 36.9 Å². The summed E-state index contributed by atoms with van der Waals surface area (Å²) in [5.74, 6) is 1.03. The summed E-state index contributed by atoms with van der Waals surface area (Å²) in [5.41, 5.74) is 0.684. The minimum Gasteiger partial charge on any atom is -0.363 e. The van der Waals surface area contributed by atoms with Crippen LogP contribution in [0.15, 0.2) is 18.2 Å². The third-order valence-electron chi connectivity index (χ3n) is 6.58. The van der Waals surface area contributed by atoms with Crippen LogP contribution in [0.5, 0.6) is 0 Å². The molecule has 3 fully saturated rings. The lowest BCUT2D eigenvalue weighted by molar-refractivity contribution is -0.384. The number of aromatic nitrogens is 3. The SMILES string of the molecule is O=[N+]([O-])c1cc(Cl)ccc1N1CCN(Cn2nc(N3CCCCC3)n(C3CC3)c2=S)CC1. The van der Waals surface area contributed by atoms with E-state index in [1.54, 1.807) is 12.1 Å². The summed E-state index contributed by atoms with van der Waals surface area (Å²) in [6.45, 7) is 5.74. The number of nitrogens with zero attached hydrogens (tertiary/aromatic N) is 7. The van der Waals surface area contributed by atoms with E-state index < -0.39 is 0 Å². The molecule has 1 aromatic carbocycles. The highest BCUT2D eigenvalue weighted by Gasteiger charge is 2.32. The van der Waals surface area contributed by atoms with E-state index in [2.05, 4.69) is 19.3 Å². The molecule has 2 saturated heterocycles. The fraction of sp³-hybridized carbons (Fsp3) is 0.619. The fourth-order valence-electron chi connectivity index (χ4n) is 4.69. The minimum atomic E-state index is -0.362. The quantitative estimate of drug-likeness (QED) is 0.352. The molecule has 0 bridgehead atoms. The van der Waals surface area contributed by atoms with Gasteiger partial charge < -0.3 is 9.80 Å². The van der Waals surface area contributed by atoms with Crippen molar-refractivity contribution >= 4 is 41.1 Å². The van der Waals surface area contributed by atoms with Crippen LogP contribution in [0.25, 0.3) is 0 Å². The summed E-state index contributed by atoms with van der Waals surface area (Å²) in [5, 5.41) is 16.8. The number of rotatable bonds is 6. The van der Waals surface area contributed by atoms with Gasteiger partial charge in [-0.05, 0) is 56.5 Å². The number of piperidine rings is 1. The lowest BCUT2D eigenvalue weighted by Crippen LogP contribution is -2.47. The average molecular weight is 478 g/mol. The van der Waals surface area contributed by atoms with Gasteiger partial charge in [-0.3, -0.25) is 19.6 Å². The van der Waals surface area contributed by atoms with E-state index in [9.17, 15) is 10.1 Å². The van der Waals surface area contributed by atoms with Gasteiger partial charge in [0.1, 0.15) is 5.69 Å². The largest absolute Gasteiger partial charge is 0.363 e. The molecule has 0 unspecified atom stereocenters. The smallest absolute Gasteiger partial charge is 0.294 e. The van der Waals surface area contributed by atoms with Gasteiger partial charge in [-0.25, -0.2) is 4.68 Å². The third-order valence-corrected chi connectivity index (χ3v) is 7.23. The van der Waals surface area contributed by atoms with Crippen LogP contribution >= 0.6 is 23.8 Å². The predicted molar refractivity (Wildman–Crippen MR) is 127 cm³/mol. The number of nitro groups is 1. The number of benzene rings is 1. The highest BCUT2D eigenvalue weighted by Crippen LogP contribution is 2.39. The summed E-state index contributed by atoms with van der Waals surface area (Å²) in [7, 11) is 0. The van der Waals surface area contributed by atoms with Crippen LogP contribution < -0.4 is 9.80 Å². The van der Waals surface area contributed by atoms with Crippen molar-refractivity contribution in [2.45, 2.75) is 44.8 Å². The maximum absolute atomic E-state index is 11.5. The van der Waals surface area contributed by atoms with Crippen molar-refractivity contribution in [2.75, 3.05) is 49.1 Å². The van der Waals surface area contributed by atoms with Crippen LogP contribution in [0.3, 0.4) is 0 Å². The standard InChI is InChI=1S/C21H28ClN7O2S/c22-16-4-7-18(19(14-16)29(30)31)25-12-10-24(11-13-25)15-27-21(32)28(17-5-6-17)20(23-27)26-8-2-1-3-9-26/h4,7,14,17H,1-3,5-6,8-13,15H2. The third kappa shape index (κ3) is 4.35. The molecule has 11 heteroatoms. The Morgan fingerprint density at radius 2 is 1.78 bits per heavy atom. The Kier molecular flexibility index (Phi) is 6.09. The van der Waals surface area contributed by atoms with Crippen LogP contribution in [0, 0.1) is 14.9 Å². The number of anilines is 2. The van der Waals surface area contributed by atoms with Gasteiger partial charge in [-0.2, -0.15) is 0 Å². The second-order valence-corrected chi connectivity index (χ2v) is 9.67. The molecule has 3 aliphatic rings. The Hall–Kier alpha value is -2.17. The van der Waals surface area contributed by atoms with Crippen LogP contribution in [-0.4, -0.2) is 63.4 Å². The fourth-order valence-corrected chi connectivity index (χ4v) is 5.19. The van der Waals surface area contributed by atoms with Gasteiger partial charge in [-0.1, -0.05) is 11.6 Å². The van der Waals surface area contributed by atoms with Crippen molar-refractivity contribution in [3.63, 3.8) is 0 Å². The lowest BCUT2D eigenvalue weighted by atomic mass is 10.1. The summed E-state index contributed by atoms with van der Waals surface area (Å²) in [6.07, 6.45) is 6.07. The van der Waals surface area contributed by atoms with Gasteiger partial charge >= 0.3 is 0 Å². The molecule has 2 aliphatic heterocycles. The van der Waals surface area contributed by atoms with Crippen LogP contribution in [-0.2, 0) is 6.67 Å². The summed E-state index contributed by atoms with van der Waals surface area (Å²) in [6, 6.07) is 5.38. The Bertz CT molecular complexity index is 1050. The number of halogens is 1. The van der Waals surface area contributed by atoms with Crippen molar-refractivity contribution in [2.24, 2.45) is 0 Å². The molecule has 9 nitrogen and oxygen atoms in total. The number of hydrogen-bond donors (Lipinski definition) is 0. The van der Waals surface area contributed by atoms with Gasteiger partial charge in [0.25, 0.3) is 5.69 Å². The van der Waals surface area contributed by atoms with E-state index >= 15 is 0 Å². The van der Waals surface area contributed by atoms with Crippen molar-refractivity contribution in [3.05, 3.63) is 38.1 Å². The molecule has 172 valence electrons. The minimum absolute atomic E-state index is 0.0579. The van der Waals surface area contributed by atoms with Crippen molar-refractivity contribution < 1.29 is 4.92 Å². The zero-order valence-corrected chi connectivity index (χ0v) is 19.6. The summed E-state index contributed by atoms with van der Waals surface area (Å²) >= 11 is 11.8. The lowest BCUT2D eigenvalue weighted by Gasteiger charge is -2.35. The zero-order valence-electron chi connectivity index (χ0n) is 18.0. The normalized spacial score (nSPS) is 20.0. The molecular weight excluding hydrogens is 450 g/mol. The van der Waals surface area contributed by atoms with Gasteiger partial charge in [-0.15, -0.1) is 5.10 Å². The van der Waals surface area contributed by atoms with E-state index in [1.807, 2.05) is 4.68 Å². The van der Waals surface area contributed by atoms with Gasteiger partial charge in [0.2, 0.25) is 10.7 Å². The highest BCUT2D eigenvalue weighted by atomic mass is 35.5. The Morgan fingerprint density at radius 1 is 1.06 bits per heavy atom. The first kappa shape index (κ1) is 21.7. The molecule has 1 aliphatic carbocycles. The number of hydrogen-bond acceptors (Lipinski definition) is 7. The van der Waals surface area contributed by atoms with Gasteiger partial charge in [0, 0.05) is 56.4 Å². The first-order chi connectivity index (χ1) is 15.5. The van der Waals surface area contributed by atoms with E-state index in [1.165, 1.54) is 38.2 Å². The molecule has 0 radical (unpaired) electrons. The maximum atomic E-state index is 11.5. The first-order valence-corrected chi connectivity index (χ1v) is 12.2. The molecule has 32 heavy (non-hydrogen) atoms. The zero-order chi connectivity index (χ0) is 22.2. The molecule has 5 rings (SSSR count). The van der Waals surface area contributed by atoms with Crippen LogP contribution in [0.1, 0.15) is 38.1 Å². The van der Waals surface area contributed by atoms with Crippen molar-refractivity contribution in [1.29, 1.82) is 0 Å². The summed E-state index contributed by atoms with van der Waals surface area (Å²) in [4.78, 5) is 17.9. The number of nitro benzene ring substituents is 1.